The number of ether oxygens (including phenoxy) is 2. The highest BCUT2D eigenvalue weighted by Gasteiger charge is 2.40. The Hall–Kier alpha value is -2.58. The lowest BCUT2D eigenvalue weighted by Gasteiger charge is -2.37. The van der Waals surface area contributed by atoms with Gasteiger partial charge in [0.05, 0.1) is 4.90 Å². The number of piperidine rings is 1. The zero-order valence-corrected chi connectivity index (χ0v) is 18.0. The second-order valence-electron chi connectivity index (χ2n) is 8.10. The summed E-state index contributed by atoms with van der Waals surface area (Å²) in [7, 11) is -3.55. The molecule has 0 bridgehead atoms. The van der Waals surface area contributed by atoms with Crippen molar-refractivity contribution in [3.63, 3.8) is 0 Å². The lowest BCUT2D eigenvalue weighted by atomic mass is 9.80. The lowest BCUT2D eigenvalue weighted by Crippen LogP contribution is -2.48. The molecule has 0 saturated carbocycles. The van der Waals surface area contributed by atoms with Gasteiger partial charge in [-0.15, -0.1) is 0 Å². The van der Waals surface area contributed by atoms with Crippen LogP contribution in [0.1, 0.15) is 30.9 Å². The number of carbonyl (C=O) groups is 1. The molecule has 7 nitrogen and oxygen atoms in total. The largest absolute Gasteiger partial charge is 0.454 e. The van der Waals surface area contributed by atoms with Gasteiger partial charge in [-0.05, 0) is 49.1 Å². The number of hydrogen-bond acceptors (Lipinski definition) is 5. The van der Waals surface area contributed by atoms with E-state index >= 15 is 0 Å². The van der Waals surface area contributed by atoms with Crippen molar-refractivity contribution in [2.24, 2.45) is 5.41 Å². The van der Waals surface area contributed by atoms with Gasteiger partial charge in [-0.2, -0.15) is 4.31 Å². The van der Waals surface area contributed by atoms with Crippen LogP contribution in [0.5, 0.6) is 11.5 Å². The van der Waals surface area contributed by atoms with E-state index in [0.29, 0.717) is 48.9 Å². The maximum atomic E-state index is 13.0. The van der Waals surface area contributed by atoms with Crippen molar-refractivity contribution in [1.82, 2.24) is 9.62 Å². The van der Waals surface area contributed by atoms with Crippen LogP contribution in [-0.2, 0) is 21.4 Å². The molecule has 2 heterocycles. The molecule has 2 aliphatic rings. The number of nitrogens with one attached hydrogen (secondary N) is 1. The van der Waals surface area contributed by atoms with E-state index in [4.69, 9.17) is 9.47 Å². The van der Waals surface area contributed by atoms with Crippen LogP contribution in [-0.4, -0.2) is 38.5 Å². The van der Waals surface area contributed by atoms with Gasteiger partial charge in [0, 0.05) is 25.0 Å². The molecule has 0 aromatic heterocycles. The summed E-state index contributed by atoms with van der Waals surface area (Å²) in [5.74, 6) is 1.33. The zero-order valence-electron chi connectivity index (χ0n) is 17.2. The molecule has 4 rings (SSSR count). The second kappa shape index (κ2) is 7.92. The highest BCUT2D eigenvalue weighted by Crippen LogP contribution is 2.35. The predicted molar refractivity (Wildman–Crippen MR) is 112 cm³/mol. The van der Waals surface area contributed by atoms with E-state index in [2.05, 4.69) is 5.32 Å². The van der Waals surface area contributed by atoms with Gasteiger partial charge in [0.15, 0.2) is 11.5 Å². The molecule has 1 N–H and O–H groups in total. The SMILES string of the molecule is Cc1ccccc1S(=O)(=O)N1CCC(C)(C(=O)NCc2ccc3c(c2)OCO3)CC1. The monoisotopic (exact) mass is 430 g/mol. The maximum Gasteiger partial charge on any atom is 0.243 e. The van der Waals surface area contributed by atoms with Gasteiger partial charge in [0.1, 0.15) is 0 Å². The van der Waals surface area contributed by atoms with Crippen LogP contribution in [0.3, 0.4) is 0 Å². The Morgan fingerprint density at radius 3 is 2.53 bits per heavy atom. The summed E-state index contributed by atoms with van der Waals surface area (Å²) in [4.78, 5) is 13.2. The third-order valence-corrected chi connectivity index (χ3v) is 8.03. The van der Waals surface area contributed by atoms with Crippen LogP contribution in [0.25, 0.3) is 0 Å². The van der Waals surface area contributed by atoms with Crippen LogP contribution < -0.4 is 14.8 Å². The molecule has 0 atom stereocenters. The quantitative estimate of drug-likeness (QED) is 0.789. The minimum absolute atomic E-state index is 0.0619. The fourth-order valence-corrected chi connectivity index (χ4v) is 5.55. The Kier molecular flexibility index (Phi) is 5.46. The average Bonchev–Trinajstić information content (AvgIpc) is 3.20. The highest BCUT2D eigenvalue weighted by molar-refractivity contribution is 7.89. The minimum atomic E-state index is -3.55. The molecule has 0 radical (unpaired) electrons. The molecule has 2 aromatic rings. The van der Waals surface area contributed by atoms with Crippen LogP contribution in [0.2, 0.25) is 0 Å². The second-order valence-corrected chi connectivity index (χ2v) is 10.0. The van der Waals surface area contributed by atoms with Crippen molar-refractivity contribution in [3.8, 4) is 11.5 Å². The lowest BCUT2D eigenvalue weighted by molar-refractivity contribution is -0.132. The van der Waals surface area contributed by atoms with Crippen LogP contribution >= 0.6 is 0 Å². The fourth-order valence-electron chi connectivity index (χ4n) is 3.88. The van der Waals surface area contributed by atoms with E-state index in [9.17, 15) is 13.2 Å². The van der Waals surface area contributed by atoms with Crippen molar-refractivity contribution >= 4 is 15.9 Å². The standard InChI is InChI=1S/C22H26N2O5S/c1-16-5-3-4-6-20(16)30(26,27)24-11-9-22(2,10-12-24)21(25)23-14-17-7-8-18-19(13-17)29-15-28-18/h3-8,13H,9-12,14-15H2,1-2H3,(H,23,25). The third kappa shape index (κ3) is 3.89. The number of rotatable bonds is 5. The maximum absolute atomic E-state index is 13.0. The number of nitrogens with zero attached hydrogens (tertiary/aromatic N) is 1. The smallest absolute Gasteiger partial charge is 0.243 e. The van der Waals surface area contributed by atoms with Gasteiger partial charge in [-0.1, -0.05) is 31.2 Å². The summed E-state index contributed by atoms with van der Waals surface area (Å²) in [5.41, 5.74) is 1.05. The predicted octanol–water partition coefficient (Wildman–Crippen LogP) is 2.83. The number of carbonyl (C=O) groups excluding carboxylic acids is 1. The Morgan fingerprint density at radius 2 is 1.80 bits per heavy atom. The summed E-state index contributed by atoms with van der Waals surface area (Å²) in [6.45, 7) is 4.95. The van der Waals surface area contributed by atoms with Crippen molar-refractivity contribution in [2.45, 2.75) is 38.1 Å². The first-order chi connectivity index (χ1) is 14.3. The van der Waals surface area contributed by atoms with Crippen LogP contribution in [0.15, 0.2) is 47.4 Å². The number of sulfonamides is 1. The zero-order chi connectivity index (χ0) is 21.4. The number of aryl methyl sites for hydroxylation is 1. The Labute approximate surface area is 177 Å². The number of hydrogen-bond donors (Lipinski definition) is 1. The van der Waals surface area contributed by atoms with Gasteiger partial charge in [0.25, 0.3) is 0 Å². The molecule has 1 amide bonds. The number of fused-ring (bicyclic) bond motifs is 1. The fraction of sp³-hybridized carbons (Fsp3) is 0.409. The summed E-state index contributed by atoms with van der Waals surface area (Å²) < 4.78 is 38.2. The highest BCUT2D eigenvalue weighted by atomic mass is 32.2. The van der Waals surface area contributed by atoms with Crippen molar-refractivity contribution < 1.29 is 22.7 Å². The number of amides is 1. The molecule has 0 unspecified atom stereocenters. The minimum Gasteiger partial charge on any atom is -0.454 e. The van der Waals surface area contributed by atoms with Gasteiger partial charge in [-0.3, -0.25) is 4.79 Å². The average molecular weight is 431 g/mol. The molecule has 2 aromatic carbocycles. The Bertz CT molecular complexity index is 1060. The molecule has 0 spiro atoms. The molecule has 1 fully saturated rings. The van der Waals surface area contributed by atoms with Gasteiger partial charge < -0.3 is 14.8 Å². The van der Waals surface area contributed by atoms with Crippen LogP contribution in [0.4, 0.5) is 0 Å². The molecule has 160 valence electrons. The first kappa shape index (κ1) is 20.7. The van der Waals surface area contributed by atoms with Gasteiger partial charge in [-0.25, -0.2) is 8.42 Å². The van der Waals surface area contributed by atoms with E-state index in [1.807, 2.05) is 31.2 Å². The molecule has 0 aliphatic carbocycles. The van der Waals surface area contributed by atoms with Gasteiger partial charge in [0.2, 0.25) is 22.7 Å². The molecule has 30 heavy (non-hydrogen) atoms. The summed E-state index contributed by atoms with van der Waals surface area (Å²) in [5, 5.41) is 2.99. The first-order valence-corrected chi connectivity index (χ1v) is 11.5. The molecule has 1 saturated heterocycles. The summed E-state index contributed by atoms with van der Waals surface area (Å²) >= 11 is 0. The van der Waals surface area contributed by atoms with E-state index < -0.39 is 15.4 Å². The van der Waals surface area contributed by atoms with E-state index in [1.165, 1.54) is 4.31 Å². The Balaban J connectivity index is 1.37. The molecule has 2 aliphatic heterocycles. The van der Waals surface area contributed by atoms with Gasteiger partial charge >= 0.3 is 0 Å². The summed E-state index contributed by atoms with van der Waals surface area (Å²) in [6, 6.07) is 12.6. The van der Waals surface area contributed by atoms with E-state index in [0.717, 1.165) is 11.1 Å². The molecule has 8 heteroatoms. The Morgan fingerprint density at radius 1 is 1.10 bits per heavy atom. The topological polar surface area (TPSA) is 84.9 Å². The van der Waals surface area contributed by atoms with Crippen molar-refractivity contribution in [2.75, 3.05) is 19.9 Å². The third-order valence-electron chi connectivity index (χ3n) is 5.98. The van der Waals surface area contributed by atoms with Crippen LogP contribution in [0, 0.1) is 12.3 Å². The van der Waals surface area contributed by atoms with E-state index in [1.54, 1.807) is 25.1 Å². The summed E-state index contributed by atoms with van der Waals surface area (Å²) in [6.07, 6.45) is 0.955. The molecular formula is C22H26N2O5S. The first-order valence-electron chi connectivity index (χ1n) is 10.0. The van der Waals surface area contributed by atoms with Crippen molar-refractivity contribution in [3.05, 3.63) is 53.6 Å². The van der Waals surface area contributed by atoms with Crippen molar-refractivity contribution in [1.29, 1.82) is 0 Å². The number of benzene rings is 2. The normalized spacial score (nSPS) is 18.2. The molecular weight excluding hydrogens is 404 g/mol. The van der Waals surface area contributed by atoms with E-state index in [-0.39, 0.29) is 12.7 Å².